The summed E-state index contributed by atoms with van der Waals surface area (Å²) in [5.41, 5.74) is 6.15. The molecule has 0 aliphatic heterocycles. The lowest BCUT2D eigenvalue weighted by molar-refractivity contribution is -0.145. The molecule has 17 heavy (non-hydrogen) atoms. The second-order valence-electron chi connectivity index (χ2n) is 4.84. The van der Waals surface area contributed by atoms with Gasteiger partial charge in [-0.2, -0.15) is 0 Å². The summed E-state index contributed by atoms with van der Waals surface area (Å²) < 4.78 is 0. The molecule has 4 heteroatoms. The highest BCUT2D eigenvalue weighted by Gasteiger charge is 2.26. The van der Waals surface area contributed by atoms with Gasteiger partial charge in [-0.15, -0.1) is 11.8 Å². The van der Waals surface area contributed by atoms with Crippen molar-refractivity contribution in [3.63, 3.8) is 0 Å². The van der Waals surface area contributed by atoms with Crippen molar-refractivity contribution in [2.75, 3.05) is 5.75 Å². The second-order valence-corrected chi connectivity index (χ2v) is 5.88. The third kappa shape index (κ3) is 4.06. The molecular formula is C13H19NO2S. The van der Waals surface area contributed by atoms with Crippen molar-refractivity contribution in [1.29, 1.82) is 0 Å². The van der Waals surface area contributed by atoms with Gasteiger partial charge in [-0.25, -0.2) is 0 Å². The number of rotatable bonds is 5. The molecule has 0 amide bonds. The molecule has 0 fully saturated rings. The van der Waals surface area contributed by atoms with Gasteiger partial charge >= 0.3 is 5.97 Å². The maximum atomic E-state index is 11.0. The van der Waals surface area contributed by atoms with Gasteiger partial charge in [0, 0.05) is 16.7 Å². The molecular weight excluding hydrogens is 234 g/mol. The SMILES string of the molecule is CC(N)c1ccc(SCC(C)(C)C(=O)O)cc1. The fraction of sp³-hybridized carbons (Fsp3) is 0.462. The molecule has 0 aliphatic carbocycles. The Morgan fingerprint density at radius 2 is 1.94 bits per heavy atom. The van der Waals surface area contributed by atoms with Crippen molar-refractivity contribution in [2.24, 2.45) is 11.1 Å². The lowest BCUT2D eigenvalue weighted by atomic mass is 9.97. The number of carboxylic acids is 1. The first-order valence-electron chi connectivity index (χ1n) is 5.54. The average Bonchev–Trinajstić information content (AvgIpc) is 2.27. The summed E-state index contributed by atoms with van der Waals surface area (Å²) in [4.78, 5) is 12.0. The number of hydrogen-bond acceptors (Lipinski definition) is 3. The van der Waals surface area contributed by atoms with E-state index in [0.717, 1.165) is 10.5 Å². The minimum absolute atomic E-state index is 0.0320. The van der Waals surface area contributed by atoms with Crippen LogP contribution in [0.3, 0.4) is 0 Å². The smallest absolute Gasteiger partial charge is 0.309 e. The Hall–Kier alpha value is -1.00. The van der Waals surface area contributed by atoms with E-state index in [2.05, 4.69) is 0 Å². The summed E-state index contributed by atoms with van der Waals surface area (Å²) in [6.07, 6.45) is 0. The zero-order chi connectivity index (χ0) is 13.1. The quantitative estimate of drug-likeness (QED) is 0.792. The standard InChI is InChI=1S/C13H19NO2S/c1-9(14)10-4-6-11(7-5-10)17-8-13(2,3)12(15)16/h4-7,9H,8,14H2,1-3H3,(H,15,16). The summed E-state index contributed by atoms with van der Waals surface area (Å²) in [7, 11) is 0. The Kier molecular flexibility index (Phi) is 4.60. The van der Waals surface area contributed by atoms with E-state index in [1.807, 2.05) is 31.2 Å². The number of carboxylic acid groups (broad SMARTS) is 1. The van der Waals surface area contributed by atoms with Crippen molar-refractivity contribution >= 4 is 17.7 Å². The Morgan fingerprint density at radius 3 is 2.35 bits per heavy atom. The molecule has 0 bridgehead atoms. The van der Waals surface area contributed by atoms with Crippen LogP contribution < -0.4 is 5.73 Å². The van der Waals surface area contributed by atoms with E-state index in [-0.39, 0.29) is 6.04 Å². The van der Waals surface area contributed by atoms with Crippen LogP contribution in [0.25, 0.3) is 0 Å². The van der Waals surface area contributed by atoms with E-state index in [1.54, 1.807) is 25.6 Å². The molecule has 0 aliphatic rings. The van der Waals surface area contributed by atoms with Gasteiger partial charge in [-0.05, 0) is 38.5 Å². The molecule has 1 rings (SSSR count). The maximum absolute atomic E-state index is 11.0. The molecule has 0 heterocycles. The van der Waals surface area contributed by atoms with Gasteiger partial charge in [0.05, 0.1) is 5.41 Å². The molecule has 1 aromatic carbocycles. The van der Waals surface area contributed by atoms with Gasteiger partial charge < -0.3 is 10.8 Å². The highest BCUT2D eigenvalue weighted by Crippen LogP contribution is 2.28. The highest BCUT2D eigenvalue weighted by atomic mass is 32.2. The number of carbonyl (C=O) groups is 1. The Morgan fingerprint density at radius 1 is 1.41 bits per heavy atom. The normalized spacial score (nSPS) is 13.4. The first kappa shape index (κ1) is 14.1. The molecule has 94 valence electrons. The van der Waals surface area contributed by atoms with Crippen molar-refractivity contribution in [2.45, 2.75) is 31.7 Å². The van der Waals surface area contributed by atoms with Crippen LogP contribution in [0.1, 0.15) is 32.4 Å². The molecule has 0 radical (unpaired) electrons. The molecule has 0 spiro atoms. The molecule has 0 aromatic heterocycles. The minimum Gasteiger partial charge on any atom is -0.481 e. The molecule has 1 atom stereocenters. The predicted octanol–water partition coefficient (Wildman–Crippen LogP) is 2.91. The third-order valence-corrected chi connectivity index (χ3v) is 4.06. The maximum Gasteiger partial charge on any atom is 0.309 e. The molecule has 1 aromatic rings. The molecule has 0 saturated heterocycles. The summed E-state index contributed by atoms with van der Waals surface area (Å²) in [6, 6.07) is 7.98. The van der Waals surface area contributed by atoms with Crippen LogP contribution in [0.4, 0.5) is 0 Å². The lowest BCUT2D eigenvalue weighted by Crippen LogP contribution is -2.26. The third-order valence-electron chi connectivity index (χ3n) is 2.58. The fourth-order valence-corrected chi connectivity index (χ4v) is 2.17. The van der Waals surface area contributed by atoms with Gasteiger partial charge in [0.2, 0.25) is 0 Å². The number of thioether (sulfide) groups is 1. The van der Waals surface area contributed by atoms with Gasteiger partial charge in [0.25, 0.3) is 0 Å². The zero-order valence-electron chi connectivity index (χ0n) is 10.4. The van der Waals surface area contributed by atoms with Gasteiger partial charge in [-0.3, -0.25) is 4.79 Å². The molecule has 1 unspecified atom stereocenters. The van der Waals surface area contributed by atoms with Crippen molar-refractivity contribution < 1.29 is 9.90 Å². The van der Waals surface area contributed by atoms with Gasteiger partial charge in [0.1, 0.15) is 0 Å². The molecule has 3 nitrogen and oxygen atoms in total. The number of benzene rings is 1. The van der Waals surface area contributed by atoms with Crippen LogP contribution in [0.15, 0.2) is 29.2 Å². The van der Waals surface area contributed by atoms with Crippen LogP contribution in [0, 0.1) is 5.41 Å². The van der Waals surface area contributed by atoms with Gasteiger partial charge in [0.15, 0.2) is 0 Å². The van der Waals surface area contributed by atoms with E-state index in [9.17, 15) is 4.79 Å². The fourth-order valence-electron chi connectivity index (χ4n) is 1.19. The first-order valence-corrected chi connectivity index (χ1v) is 6.53. The lowest BCUT2D eigenvalue weighted by Gasteiger charge is -2.18. The number of nitrogens with two attached hydrogens (primary N) is 1. The van der Waals surface area contributed by atoms with Crippen LogP contribution in [-0.2, 0) is 4.79 Å². The zero-order valence-corrected chi connectivity index (χ0v) is 11.3. The Labute approximate surface area is 106 Å². The van der Waals surface area contributed by atoms with E-state index in [0.29, 0.717) is 5.75 Å². The number of hydrogen-bond donors (Lipinski definition) is 2. The van der Waals surface area contributed by atoms with E-state index in [1.165, 1.54) is 0 Å². The Balaban J connectivity index is 2.62. The predicted molar refractivity (Wildman–Crippen MR) is 71.2 cm³/mol. The summed E-state index contributed by atoms with van der Waals surface area (Å²) in [5.74, 6) is -0.211. The largest absolute Gasteiger partial charge is 0.481 e. The van der Waals surface area contributed by atoms with Crippen LogP contribution >= 0.6 is 11.8 Å². The topological polar surface area (TPSA) is 63.3 Å². The van der Waals surface area contributed by atoms with E-state index in [4.69, 9.17) is 10.8 Å². The van der Waals surface area contributed by atoms with Gasteiger partial charge in [-0.1, -0.05) is 12.1 Å². The van der Waals surface area contributed by atoms with Crippen molar-refractivity contribution in [1.82, 2.24) is 0 Å². The van der Waals surface area contributed by atoms with E-state index < -0.39 is 11.4 Å². The van der Waals surface area contributed by atoms with Crippen LogP contribution in [0.5, 0.6) is 0 Å². The second kappa shape index (κ2) is 5.56. The summed E-state index contributed by atoms with van der Waals surface area (Å²) in [6.45, 7) is 5.41. The Bertz CT molecular complexity index is 385. The average molecular weight is 253 g/mol. The molecule has 0 saturated carbocycles. The minimum atomic E-state index is -0.766. The molecule has 3 N–H and O–H groups in total. The summed E-state index contributed by atoms with van der Waals surface area (Å²) >= 11 is 1.55. The van der Waals surface area contributed by atoms with Crippen LogP contribution in [-0.4, -0.2) is 16.8 Å². The van der Waals surface area contributed by atoms with Crippen LogP contribution in [0.2, 0.25) is 0 Å². The van der Waals surface area contributed by atoms with Crippen molar-refractivity contribution in [3.05, 3.63) is 29.8 Å². The summed E-state index contributed by atoms with van der Waals surface area (Å²) in [5, 5.41) is 9.01. The van der Waals surface area contributed by atoms with E-state index >= 15 is 0 Å². The monoisotopic (exact) mass is 253 g/mol. The van der Waals surface area contributed by atoms with Crippen molar-refractivity contribution in [3.8, 4) is 0 Å². The first-order chi connectivity index (χ1) is 7.83. The number of aliphatic carboxylic acids is 1. The highest BCUT2D eigenvalue weighted by molar-refractivity contribution is 7.99.